The van der Waals surface area contributed by atoms with E-state index in [-0.39, 0.29) is 5.69 Å². The lowest BCUT2D eigenvalue weighted by Crippen LogP contribution is -2.52. The maximum atomic E-state index is 13.1. The fourth-order valence-corrected chi connectivity index (χ4v) is 2.95. The Bertz CT molecular complexity index is 983. The lowest BCUT2D eigenvalue weighted by Gasteiger charge is -2.39. The molecule has 1 N–H and O–H groups in total. The number of imidazole rings is 1. The first kappa shape index (κ1) is 18.0. The van der Waals surface area contributed by atoms with Crippen molar-refractivity contribution in [2.24, 2.45) is 5.92 Å². The number of rotatable bonds is 4. The Kier molecular flexibility index (Phi) is 4.46. The van der Waals surface area contributed by atoms with Gasteiger partial charge in [0.2, 0.25) is 5.91 Å². The van der Waals surface area contributed by atoms with Gasteiger partial charge >= 0.3 is 6.18 Å². The number of carbonyl (C=O) groups is 1. The van der Waals surface area contributed by atoms with Gasteiger partial charge in [-0.15, -0.1) is 0 Å². The van der Waals surface area contributed by atoms with Crippen LogP contribution in [0.25, 0.3) is 5.82 Å². The van der Waals surface area contributed by atoms with Crippen LogP contribution in [0, 0.1) is 5.92 Å². The molecule has 1 aliphatic rings. The predicted molar refractivity (Wildman–Crippen MR) is 94.9 cm³/mol. The van der Waals surface area contributed by atoms with Crippen molar-refractivity contribution in [1.29, 1.82) is 0 Å². The van der Waals surface area contributed by atoms with Crippen LogP contribution in [0.3, 0.4) is 0 Å². The molecule has 0 aliphatic carbocycles. The summed E-state index contributed by atoms with van der Waals surface area (Å²) in [7, 11) is 0. The van der Waals surface area contributed by atoms with Gasteiger partial charge in [0, 0.05) is 31.5 Å². The quantitative estimate of drug-likeness (QED) is 0.744. The summed E-state index contributed by atoms with van der Waals surface area (Å²) in [4.78, 5) is 26.5. The standard InChI is InChI=1S/C18H15F3N6O/c19-18(20,21)13-3-1-2-4-14(13)25-17(28)12-8-27(9-12)16-7-15(23-10-24-16)26-6-5-22-11-26/h1-7,10-12H,8-9H2,(H,25,28). The van der Waals surface area contributed by atoms with Crippen LogP contribution in [-0.4, -0.2) is 38.5 Å². The van der Waals surface area contributed by atoms with Gasteiger partial charge in [-0.1, -0.05) is 12.1 Å². The minimum Gasteiger partial charge on any atom is -0.355 e. The number of alkyl halides is 3. The number of amides is 1. The van der Waals surface area contributed by atoms with E-state index in [1.165, 1.54) is 24.5 Å². The van der Waals surface area contributed by atoms with Crippen LogP contribution >= 0.6 is 0 Å². The molecule has 4 rings (SSSR count). The van der Waals surface area contributed by atoms with E-state index in [2.05, 4.69) is 20.3 Å². The van der Waals surface area contributed by atoms with Crippen LogP contribution in [0.4, 0.5) is 24.7 Å². The average molecular weight is 388 g/mol. The van der Waals surface area contributed by atoms with E-state index in [4.69, 9.17) is 0 Å². The third-order valence-corrected chi connectivity index (χ3v) is 4.47. The molecule has 3 aromatic rings. The molecule has 1 aliphatic heterocycles. The highest BCUT2D eigenvalue weighted by Gasteiger charge is 2.37. The SMILES string of the molecule is O=C(Nc1ccccc1C(F)(F)F)C1CN(c2cc(-n3ccnc3)ncn2)C1. The molecule has 0 atom stereocenters. The topological polar surface area (TPSA) is 75.9 Å². The van der Waals surface area contributed by atoms with Gasteiger partial charge in [0.15, 0.2) is 0 Å². The molecule has 0 unspecified atom stereocenters. The molecule has 1 fully saturated rings. The van der Waals surface area contributed by atoms with Crippen LogP contribution in [0.15, 0.2) is 55.4 Å². The highest BCUT2D eigenvalue weighted by atomic mass is 19.4. The fourth-order valence-electron chi connectivity index (χ4n) is 2.95. The van der Waals surface area contributed by atoms with Crippen LogP contribution < -0.4 is 10.2 Å². The number of nitrogens with zero attached hydrogens (tertiary/aromatic N) is 5. The number of hydrogen-bond acceptors (Lipinski definition) is 5. The molecular formula is C18H15F3N6O. The molecule has 1 aromatic carbocycles. The number of anilines is 2. The second kappa shape index (κ2) is 6.95. The van der Waals surface area contributed by atoms with Gasteiger partial charge in [-0.25, -0.2) is 15.0 Å². The number of carbonyl (C=O) groups excluding carboxylic acids is 1. The van der Waals surface area contributed by atoms with Gasteiger partial charge in [-0.05, 0) is 12.1 Å². The lowest BCUT2D eigenvalue weighted by atomic mass is 9.98. The Hall–Kier alpha value is -3.43. The number of hydrogen-bond donors (Lipinski definition) is 1. The van der Waals surface area contributed by atoms with E-state index in [1.54, 1.807) is 29.4 Å². The van der Waals surface area contributed by atoms with Crippen molar-refractivity contribution in [2.45, 2.75) is 6.18 Å². The first-order chi connectivity index (χ1) is 13.4. The van der Waals surface area contributed by atoms with Crippen molar-refractivity contribution in [3.05, 3.63) is 60.9 Å². The molecule has 0 saturated carbocycles. The zero-order valence-corrected chi connectivity index (χ0v) is 14.5. The van der Waals surface area contributed by atoms with Crippen molar-refractivity contribution in [3.8, 4) is 5.82 Å². The Balaban J connectivity index is 1.41. The van der Waals surface area contributed by atoms with E-state index in [0.29, 0.717) is 24.7 Å². The number of nitrogens with one attached hydrogen (secondary N) is 1. The molecule has 0 radical (unpaired) electrons. The first-order valence-electron chi connectivity index (χ1n) is 8.44. The summed E-state index contributed by atoms with van der Waals surface area (Å²) in [5, 5.41) is 2.39. The molecular weight excluding hydrogens is 373 g/mol. The van der Waals surface area contributed by atoms with Gasteiger partial charge in [0.1, 0.15) is 24.3 Å². The minimum atomic E-state index is -4.53. The number of halogens is 3. The van der Waals surface area contributed by atoms with Gasteiger partial charge in [0.05, 0.1) is 17.2 Å². The smallest absolute Gasteiger partial charge is 0.355 e. The second-order valence-electron chi connectivity index (χ2n) is 6.34. The molecule has 2 aromatic heterocycles. The highest BCUT2D eigenvalue weighted by Crippen LogP contribution is 2.35. The Morgan fingerprint density at radius 2 is 1.89 bits per heavy atom. The van der Waals surface area contributed by atoms with Crippen molar-refractivity contribution in [1.82, 2.24) is 19.5 Å². The third kappa shape index (κ3) is 3.53. The van der Waals surface area contributed by atoms with Crippen molar-refractivity contribution in [2.75, 3.05) is 23.3 Å². The summed E-state index contributed by atoms with van der Waals surface area (Å²) >= 11 is 0. The Labute approximate surface area is 157 Å². The Morgan fingerprint density at radius 1 is 1.14 bits per heavy atom. The monoisotopic (exact) mass is 388 g/mol. The summed E-state index contributed by atoms with van der Waals surface area (Å²) in [5.74, 6) is 0.401. The lowest BCUT2D eigenvalue weighted by molar-refractivity contribution is -0.137. The predicted octanol–water partition coefficient (Wildman–Crippen LogP) is 2.76. The van der Waals surface area contributed by atoms with Crippen LogP contribution in [0.5, 0.6) is 0 Å². The highest BCUT2D eigenvalue weighted by molar-refractivity contribution is 5.95. The number of aromatic nitrogens is 4. The molecule has 0 spiro atoms. The van der Waals surface area contributed by atoms with Crippen LogP contribution in [-0.2, 0) is 11.0 Å². The van der Waals surface area contributed by atoms with Crippen molar-refractivity contribution >= 4 is 17.4 Å². The first-order valence-corrected chi connectivity index (χ1v) is 8.44. The van der Waals surface area contributed by atoms with Gasteiger partial charge in [-0.3, -0.25) is 9.36 Å². The molecule has 7 nitrogen and oxygen atoms in total. The van der Waals surface area contributed by atoms with E-state index in [0.717, 1.165) is 6.07 Å². The summed E-state index contributed by atoms with van der Waals surface area (Å²) < 4.78 is 40.9. The zero-order chi connectivity index (χ0) is 19.7. The molecule has 28 heavy (non-hydrogen) atoms. The molecule has 3 heterocycles. The largest absolute Gasteiger partial charge is 0.418 e. The maximum absolute atomic E-state index is 13.1. The van der Waals surface area contributed by atoms with E-state index in [9.17, 15) is 18.0 Å². The molecule has 1 saturated heterocycles. The van der Waals surface area contributed by atoms with Crippen LogP contribution in [0.2, 0.25) is 0 Å². The second-order valence-corrected chi connectivity index (χ2v) is 6.34. The molecule has 0 bridgehead atoms. The summed E-state index contributed by atoms with van der Waals surface area (Å²) in [6, 6.07) is 6.70. The van der Waals surface area contributed by atoms with Gasteiger partial charge in [-0.2, -0.15) is 13.2 Å². The summed E-state index contributed by atoms with van der Waals surface area (Å²) in [5.41, 5.74) is -1.09. The van der Waals surface area contributed by atoms with E-state index < -0.39 is 23.6 Å². The summed E-state index contributed by atoms with van der Waals surface area (Å²) in [6.45, 7) is 0.723. The van der Waals surface area contributed by atoms with Crippen LogP contribution in [0.1, 0.15) is 5.56 Å². The summed E-state index contributed by atoms with van der Waals surface area (Å²) in [6.07, 6.45) is 1.87. The maximum Gasteiger partial charge on any atom is 0.418 e. The number of benzene rings is 1. The zero-order valence-electron chi connectivity index (χ0n) is 14.5. The normalized spacial score (nSPS) is 14.6. The third-order valence-electron chi connectivity index (χ3n) is 4.47. The molecule has 10 heteroatoms. The average Bonchev–Trinajstić information content (AvgIpc) is 3.15. The van der Waals surface area contributed by atoms with E-state index >= 15 is 0 Å². The fraction of sp³-hybridized carbons (Fsp3) is 0.222. The van der Waals surface area contributed by atoms with Crippen molar-refractivity contribution in [3.63, 3.8) is 0 Å². The van der Waals surface area contributed by atoms with Crippen molar-refractivity contribution < 1.29 is 18.0 Å². The molecule has 1 amide bonds. The van der Waals surface area contributed by atoms with Gasteiger partial charge < -0.3 is 10.2 Å². The number of para-hydroxylation sites is 1. The Morgan fingerprint density at radius 3 is 2.61 bits per heavy atom. The minimum absolute atomic E-state index is 0.233. The van der Waals surface area contributed by atoms with Gasteiger partial charge in [0.25, 0.3) is 0 Å². The van der Waals surface area contributed by atoms with E-state index in [1.807, 2.05) is 4.90 Å². The molecule has 144 valence electrons.